The Labute approximate surface area is 106 Å². The molecule has 1 rings (SSSR count). The summed E-state index contributed by atoms with van der Waals surface area (Å²) in [7, 11) is 0. The highest BCUT2D eigenvalue weighted by Gasteiger charge is 2.33. The number of benzene rings is 1. The molecule has 0 aliphatic carbocycles. The summed E-state index contributed by atoms with van der Waals surface area (Å²) in [5.41, 5.74) is -0.429. The fraction of sp³-hybridized carbons (Fsp3) is 0.571. The Morgan fingerprint density at radius 1 is 1.17 bits per heavy atom. The Morgan fingerprint density at radius 3 is 2.33 bits per heavy atom. The van der Waals surface area contributed by atoms with Crippen molar-refractivity contribution >= 4 is 5.69 Å². The van der Waals surface area contributed by atoms with Gasteiger partial charge < -0.3 is 5.32 Å². The molecule has 0 saturated heterocycles. The first-order chi connectivity index (χ1) is 8.34. The van der Waals surface area contributed by atoms with Crippen LogP contribution in [0.1, 0.15) is 39.2 Å². The molecule has 0 saturated carbocycles. The molecule has 4 heteroatoms. The lowest BCUT2D eigenvalue weighted by Gasteiger charge is -2.21. The molecular formula is C14H20F3N. The highest BCUT2D eigenvalue weighted by Crippen LogP contribution is 2.35. The number of para-hydroxylation sites is 1. The standard InChI is InChI=1S/C14H20F3N/c1-4-10(2)9-11(3)18-13-8-6-5-7-12(13)14(15,16)17/h5-8,10-11,18H,4,9H2,1-3H3. The maximum Gasteiger partial charge on any atom is 0.418 e. The second-order valence-electron chi connectivity index (χ2n) is 4.84. The molecule has 102 valence electrons. The summed E-state index contributed by atoms with van der Waals surface area (Å²) in [4.78, 5) is 0. The Balaban J connectivity index is 2.78. The number of halogens is 3. The van der Waals surface area contributed by atoms with Crippen molar-refractivity contribution in [3.8, 4) is 0 Å². The van der Waals surface area contributed by atoms with Gasteiger partial charge in [0.25, 0.3) is 0 Å². The molecule has 2 atom stereocenters. The summed E-state index contributed by atoms with van der Waals surface area (Å²) >= 11 is 0. The molecule has 1 N–H and O–H groups in total. The van der Waals surface area contributed by atoms with Gasteiger partial charge in [0.15, 0.2) is 0 Å². The number of nitrogens with one attached hydrogen (secondary N) is 1. The van der Waals surface area contributed by atoms with Gasteiger partial charge in [-0.25, -0.2) is 0 Å². The molecule has 18 heavy (non-hydrogen) atoms. The number of hydrogen-bond donors (Lipinski definition) is 1. The molecule has 1 aromatic rings. The van der Waals surface area contributed by atoms with Crippen LogP contribution in [0.5, 0.6) is 0 Å². The average molecular weight is 259 g/mol. The van der Waals surface area contributed by atoms with Gasteiger partial charge >= 0.3 is 6.18 Å². The lowest BCUT2D eigenvalue weighted by atomic mass is 10.00. The third-order valence-electron chi connectivity index (χ3n) is 3.09. The van der Waals surface area contributed by atoms with Gasteiger partial charge in [0, 0.05) is 11.7 Å². The zero-order valence-electron chi connectivity index (χ0n) is 11.0. The van der Waals surface area contributed by atoms with Gasteiger partial charge in [0.1, 0.15) is 0 Å². The van der Waals surface area contributed by atoms with Crippen LogP contribution >= 0.6 is 0 Å². The monoisotopic (exact) mass is 259 g/mol. The van der Waals surface area contributed by atoms with E-state index in [0.29, 0.717) is 5.92 Å². The molecule has 1 nitrogen and oxygen atoms in total. The molecule has 0 aliphatic heterocycles. The summed E-state index contributed by atoms with van der Waals surface area (Å²) in [6.45, 7) is 6.11. The Bertz CT molecular complexity index is 374. The van der Waals surface area contributed by atoms with E-state index in [-0.39, 0.29) is 11.7 Å². The third-order valence-corrected chi connectivity index (χ3v) is 3.09. The SMILES string of the molecule is CCC(C)CC(C)Nc1ccccc1C(F)(F)F. The second-order valence-corrected chi connectivity index (χ2v) is 4.84. The minimum Gasteiger partial charge on any atom is -0.382 e. The minimum absolute atomic E-state index is 0.0310. The average Bonchev–Trinajstić information content (AvgIpc) is 2.27. The maximum absolute atomic E-state index is 12.8. The maximum atomic E-state index is 12.8. The van der Waals surface area contributed by atoms with Gasteiger partial charge in [-0.05, 0) is 31.4 Å². The van der Waals surface area contributed by atoms with E-state index in [1.807, 2.05) is 6.92 Å². The van der Waals surface area contributed by atoms with Crippen LogP contribution in [-0.2, 0) is 6.18 Å². The number of anilines is 1. The molecule has 0 aromatic heterocycles. The van der Waals surface area contributed by atoms with Crippen molar-refractivity contribution in [2.75, 3.05) is 5.32 Å². The summed E-state index contributed by atoms with van der Waals surface area (Å²) in [6.07, 6.45) is -2.41. The van der Waals surface area contributed by atoms with Crippen molar-refractivity contribution in [3.05, 3.63) is 29.8 Å². The van der Waals surface area contributed by atoms with Crippen LogP contribution in [-0.4, -0.2) is 6.04 Å². The zero-order chi connectivity index (χ0) is 13.8. The largest absolute Gasteiger partial charge is 0.418 e. The first-order valence-electron chi connectivity index (χ1n) is 6.27. The molecule has 0 spiro atoms. The van der Waals surface area contributed by atoms with E-state index < -0.39 is 11.7 Å². The lowest BCUT2D eigenvalue weighted by molar-refractivity contribution is -0.137. The van der Waals surface area contributed by atoms with Crippen molar-refractivity contribution in [2.45, 2.75) is 45.8 Å². The predicted molar refractivity (Wildman–Crippen MR) is 68.6 cm³/mol. The van der Waals surface area contributed by atoms with Crippen LogP contribution < -0.4 is 5.32 Å². The number of rotatable bonds is 5. The molecular weight excluding hydrogens is 239 g/mol. The van der Waals surface area contributed by atoms with Gasteiger partial charge in [0.05, 0.1) is 5.56 Å². The van der Waals surface area contributed by atoms with E-state index >= 15 is 0 Å². The lowest BCUT2D eigenvalue weighted by Crippen LogP contribution is -2.20. The van der Waals surface area contributed by atoms with Gasteiger partial charge in [0.2, 0.25) is 0 Å². The van der Waals surface area contributed by atoms with Crippen molar-refractivity contribution in [2.24, 2.45) is 5.92 Å². The van der Waals surface area contributed by atoms with E-state index in [4.69, 9.17) is 0 Å². The first-order valence-corrected chi connectivity index (χ1v) is 6.27. The summed E-state index contributed by atoms with van der Waals surface area (Å²) in [5.74, 6) is 0.505. The minimum atomic E-state index is -4.31. The smallest absolute Gasteiger partial charge is 0.382 e. The van der Waals surface area contributed by atoms with E-state index in [2.05, 4.69) is 19.2 Å². The van der Waals surface area contributed by atoms with E-state index in [9.17, 15) is 13.2 Å². The third kappa shape index (κ3) is 4.24. The van der Waals surface area contributed by atoms with Crippen molar-refractivity contribution < 1.29 is 13.2 Å². The van der Waals surface area contributed by atoms with Crippen LogP contribution in [0.15, 0.2) is 24.3 Å². The fourth-order valence-corrected chi connectivity index (χ4v) is 1.95. The van der Waals surface area contributed by atoms with Gasteiger partial charge in [-0.2, -0.15) is 13.2 Å². The molecule has 0 amide bonds. The van der Waals surface area contributed by atoms with Crippen molar-refractivity contribution in [3.63, 3.8) is 0 Å². The molecule has 0 heterocycles. The summed E-state index contributed by atoms with van der Waals surface area (Å²) in [5, 5.41) is 2.96. The highest BCUT2D eigenvalue weighted by molar-refractivity contribution is 5.53. The first kappa shape index (κ1) is 14.9. The van der Waals surface area contributed by atoms with E-state index in [1.165, 1.54) is 12.1 Å². The van der Waals surface area contributed by atoms with Crippen molar-refractivity contribution in [1.29, 1.82) is 0 Å². The molecule has 0 radical (unpaired) electrons. The Morgan fingerprint density at radius 2 is 1.78 bits per heavy atom. The molecule has 0 bridgehead atoms. The molecule has 2 unspecified atom stereocenters. The van der Waals surface area contributed by atoms with E-state index in [1.54, 1.807) is 6.07 Å². The van der Waals surface area contributed by atoms with Crippen molar-refractivity contribution in [1.82, 2.24) is 0 Å². The topological polar surface area (TPSA) is 12.0 Å². The van der Waals surface area contributed by atoms with Crippen LogP contribution in [0.25, 0.3) is 0 Å². The molecule has 0 fully saturated rings. The molecule has 1 aromatic carbocycles. The summed E-state index contributed by atoms with van der Waals surface area (Å²) in [6, 6.07) is 5.65. The quantitative estimate of drug-likeness (QED) is 0.789. The predicted octanol–water partition coefficient (Wildman–Crippen LogP) is 4.94. The number of alkyl halides is 3. The Hall–Kier alpha value is -1.19. The van der Waals surface area contributed by atoms with Gasteiger partial charge in [-0.3, -0.25) is 0 Å². The van der Waals surface area contributed by atoms with Gasteiger partial charge in [-0.1, -0.05) is 32.4 Å². The number of hydrogen-bond acceptors (Lipinski definition) is 1. The summed E-state index contributed by atoms with van der Waals surface area (Å²) < 4.78 is 38.4. The van der Waals surface area contributed by atoms with Crippen LogP contribution in [0.3, 0.4) is 0 Å². The molecule has 0 aliphatic rings. The van der Waals surface area contributed by atoms with Crippen LogP contribution in [0, 0.1) is 5.92 Å². The van der Waals surface area contributed by atoms with E-state index in [0.717, 1.165) is 18.9 Å². The zero-order valence-corrected chi connectivity index (χ0v) is 11.0. The Kier molecular flexibility index (Phi) is 5.05. The normalized spacial score (nSPS) is 15.2. The van der Waals surface area contributed by atoms with Crippen LogP contribution in [0.2, 0.25) is 0 Å². The fourth-order valence-electron chi connectivity index (χ4n) is 1.95. The highest BCUT2D eigenvalue weighted by atomic mass is 19.4. The van der Waals surface area contributed by atoms with Gasteiger partial charge in [-0.15, -0.1) is 0 Å². The van der Waals surface area contributed by atoms with Crippen LogP contribution in [0.4, 0.5) is 18.9 Å². The second kappa shape index (κ2) is 6.12.